The van der Waals surface area contributed by atoms with Crippen molar-refractivity contribution in [3.05, 3.63) is 59.9 Å². The monoisotopic (exact) mass is 363 g/mol. The van der Waals surface area contributed by atoms with E-state index < -0.39 is 0 Å². The first-order valence-corrected chi connectivity index (χ1v) is 9.43. The molecule has 27 heavy (non-hydrogen) atoms. The Hall–Kier alpha value is -2.80. The fourth-order valence-electron chi connectivity index (χ4n) is 3.67. The van der Waals surface area contributed by atoms with Crippen LogP contribution in [0.25, 0.3) is 0 Å². The molecule has 0 amide bonds. The Morgan fingerprint density at radius 2 is 2.04 bits per heavy atom. The number of piperidine rings is 1. The standard InChI is InChI=1S/C20H25N7/c1-15-23-17(13-20(24-15)25-19-8-3-5-10-21-19)18-7-4-6-12-27(18)14-16-9-11-22-26(16)2/h3,5,8-11,13,18H,4,6-7,12,14H2,1-2H3,(H,21,23,24,25)/t18-/m0/s1. The first-order valence-electron chi connectivity index (χ1n) is 9.43. The quantitative estimate of drug-likeness (QED) is 0.749. The average Bonchev–Trinajstić information content (AvgIpc) is 3.07. The summed E-state index contributed by atoms with van der Waals surface area (Å²) in [4.78, 5) is 16.1. The van der Waals surface area contributed by atoms with Gasteiger partial charge in [0.2, 0.25) is 0 Å². The van der Waals surface area contributed by atoms with E-state index >= 15 is 0 Å². The highest BCUT2D eigenvalue weighted by Gasteiger charge is 2.26. The number of aryl methyl sites for hydroxylation is 2. The van der Waals surface area contributed by atoms with E-state index in [-0.39, 0.29) is 0 Å². The van der Waals surface area contributed by atoms with Crippen molar-refractivity contribution in [2.24, 2.45) is 7.05 Å². The molecule has 1 N–H and O–H groups in total. The van der Waals surface area contributed by atoms with Crippen LogP contribution in [0.2, 0.25) is 0 Å². The molecule has 0 spiro atoms. The van der Waals surface area contributed by atoms with Crippen LogP contribution in [0.4, 0.5) is 11.6 Å². The second kappa shape index (κ2) is 7.84. The van der Waals surface area contributed by atoms with Crippen molar-refractivity contribution in [2.75, 3.05) is 11.9 Å². The molecule has 0 aromatic carbocycles. The molecule has 0 radical (unpaired) electrons. The predicted octanol–water partition coefficient (Wildman–Crippen LogP) is 3.38. The maximum Gasteiger partial charge on any atom is 0.135 e. The summed E-state index contributed by atoms with van der Waals surface area (Å²) < 4.78 is 1.95. The largest absolute Gasteiger partial charge is 0.325 e. The number of hydrogen-bond donors (Lipinski definition) is 1. The van der Waals surface area contributed by atoms with Crippen LogP contribution in [0.5, 0.6) is 0 Å². The van der Waals surface area contributed by atoms with Gasteiger partial charge in [0.15, 0.2) is 0 Å². The molecule has 0 bridgehead atoms. The first kappa shape index (κ1) is 17.6. The summed E-state index contributed by atoms with van der Waals surface area (Å²) in [6.07, 6.45) is 7.18. The Morgan fingerprint density at radius 1 is 1.11 bits per heavy atom. The molecule has 0 aliphatic carbocycles. The molecule has 1 aliphatic rings. The molecule has 7 heteroatoms. The Kier molecular flexibility index (Phi) is 5.11. The van der Waals surface area contributed by atoms with E-state index in [1.54, 1.807) is 6.20 Å². The van der Waals surface area contributed by atoms with Crippen molar-refractivity contribution in [1.29, 1.82) is 0 Å². The summed E-state index contributed by atoms with van der Waals surface area (Å²) in [6.45, 7) is 3.90. The van der Waals surface area contributed by atoms with Gasteiger partial charge in [0.1, 0.15) is 17.5 Å². The van der Waals surface area contributed by atoms with E-state index in [0.717, 1.165) is 42.7 Å². The van der Waals surface area contributed by atoms with E-state index in [1.807, 2.05) is 43.0 Å². The van der Waals surface area contributed by atoms with Gasteiger partial charge in [-0.3, -0.25) is 9.58 Å². The fourth-order valence-corrected chi connectivity index (χ4v) is 3.67. The summed E-state index contributed by atoms with van der Waals surface area (Å²) in [5, 5.41) is 7.60. The second-order valence-corrected chi connectivity index (χ2v) is 6.99. The second-order valence-electron chi connectivity index (χ2n) is 6.99. The Labute approximate surface area is 159 Å². The summed E-state index contributed by atoms with van der Waals surface area (Å²) >= 11 is 0. The van der Waals surface area contributed by atoms with Crippen LogP contribution in [0.3, 0.4) is 0 Å². The molecular formula is C20H25N7. The minimum Gasteiger partial charge on any atom is -0.325 e. The van der Waals surface area contributed by atoms with Crippen molar-refractivity contribution in [3.63, 3.8) is 0 Å². The number of pyridine rings is 1. The zero-order valence-electron chi connectivity index (χ0n) is 15.8. The first-order chi connectivity index (χ1) is 13.2. The third kappa shape index (κ3) is 4.14. The highest BCUT2D eigenvalue weighted by Crippen LogP contribution is 2.32. The van der Waals surface area contributed by atoms with Crippen LogP contribution in [0, 0.1) is 6.92 Å². The van der Waals surface area contributed by atoms with Gasteiger partial charge in [-0.15, -0.1) is 0 Å². The molecule has 140 valence electrons. The van der Waals surface area contributed by atoms with Crippen LogP contribution < -0.4 is 5.32 Å². The topological polar surface area (TPSA) is 71.8 Å². The lowest BCUT2D eigenvalue weighted by atomic mass is 9.98. The van der Waals surface area contributed by atoms with Crippen LogP contribution in [-0.4, -0.2) is 36.2 Å². The lowest BCUT2D eigenvalue weighted by Gasteiger charge is -2.35. The maximum absolute atomic E-state index is 4.77. The lowest BCUT2D eigenvalue weighted by Crippen LogP contribution is -2.34. The van der Waals surface area contributed by atoms with Crippen LogP contribution in [0.15, 0.2) is 42.7 Å². The van der Waals surface area contributed by atoms with Gasteiger partial charge < -0.3 is 5.32 Å². The summed E-state index contributed by atoms with van der Waals surface area (Å²) in [7, 11) is 2.00. The number of likely N-dealkylation sites (tertiary alicyclic amines) is 1. The van der Waals surface area contributed by atoms with Crippen molar-refractivity contribution < 1.29 is 0 Å². The molecule has 1 atom stereocenters. The van der Waals surface area contributed by atoms with Gasteiger partial charge >= 0.3 is 0 Å². The molecule has 1 aliphatic heterocycles. The fraction of sp³-hybridized carbons (Fsp3) is 0.400. The van der Waals surface area contributed by atoms with Gasteiger partial charge in [0, 0.05) is 32.1 Å². The molecule has 7 nitrogen and oxygen atoms in total. The molecule has 3 aromatic rings. The third-order valence-corrected chi connectivity index (χ3v) is 5.02. The zero-order chi connectivity index (χ0) is 18.6. The van der Waals surface area contributed by atoms with E-state index in [4.69, 9.17) is 4.98 Å². The van der Waals surface area contributed by atoms with Crippen molar-refractivity contribution in [2.45, 2.75) is 38.8 Å². The van der Waals surface area contributed by atoms with E-state index in [9.17, 15) is 0 Å². The van der Waals surface area contributed by atoms with E-state index in [0.29, 0.717) is 6.04 Å². The number of rotatable bonds is 5. The average molecular weight is 363 g/mol. The van der Waals surface area contributed by atoms with Gasteiger partial charge in [-0.1, -0.05) is 12.5 Å². The Balaban J connectivity index is 1.59. The molecule has 0 saturated carbocycles. The molecule has 4 heterocycles. The van der Waals surface area contributed by atoms with Gasteiger partial charge in [-0.25, -0.2) is 15.0 Å². The van der Waals surface area contributed by atoms with Gasteiger partial charge in [0.25, 0.3) is 0 Å². The number of hydrogen-bond acceptors (Lipinski definition) is 6. The van der Waals surface area contributed by atoms with Crippen LogP contribution >= 0.6 is 0 Å². The van der Waals surface area contributed by atoms with Crippen molar-refractivity contribution >= 4 is 11.6 Å². The molecule has 1 fully saturated rings. The van der Waals surface area contributed by atoms with Crippen molar-refractivity contribution in [3.8, 4) is 0 Å². The predicted molar refractivity (Wildman–Crippen MR) is 104 cm³/mol. The summed E-state index contributed by atoms with van der Waals surface area (Å²) in [5.41, 5.74) is 2.29. The number of nitrogens with zero attached hydrogens (tertiary/aromatic N) is 6. The highest BCUT2D eigenvalue weighted by molar-refractivity contribution is 5.51. The van der Waals surface area contributed by atoms with Gasteiger partial charge in [-0.2, -0.15) is 5.10 Å². The smallest absolute Gasteiger partial charge is 0.135 e. The SMILES string of the molecule is Cc1nc(Nc2ccccn2)cc([C@@H]2CCCCN2Cc2ccnn2C)n1. The van der Waals surface area contributed by atoms with Gasteiger partial charge in [-0.05, 0) is 44.5 Å². The number of anilines is 2. The minimum absolute atomic E-state index is 0.291. The molecular weight excluding hydrogens is 338 g/mol. The zero-order valence-corrected chi connectivity index (χ0v) is 15.8. The number of nitrogens with one attached hydrogen (secondary N) is 1. The molecule has 1 saturated heterocycles. The van der Waals surface area contributed by atoms with Crippen LogP contribution in [0.1, 0.15) is 42.5 Å². The molecule has 4 rings (SSSR count). The number of aromatic nitrogens is 5. The normalized spacial score (nSPS) is 17.8. The summed E-state index contributed by atoms with van der Waals surface area (Å²) in [5.74, 6) is 2.36. The van der Waals surface area contributed by atoms with E-state index in [1.165, 1.54) is 18.5 Å². The Morgan fingerprint density at radius 3 is 2.81 bits per heavy atom. The van der Waals surface area contributed by atoms with E-state index in [2.05, 4.69) is 37.4 Å². The minimum atomic E-state index is 0.291. The van der Waals surface area contributed by atoms with Crippen molar-refractivity contribution in [1.82, 2.24) is 29.6 Å². The third-order valence-electron chi connectivity index (χ3n) is 5.02. The maximum atomic E-state index is 4.77. The molecule has 3 aromatic heterocycles. The van der Waals surface area contributed by atoms with Crippen LogP contribution in [-0.2, 0) is 13.6 Å². The lowest BCUT2D eigenvalue weighted by molar-refractivity contribution is 0.133. The highest BCUT2D eigenvalue weighted by atomic mass is 15.3. The Bertz CT molecular complexity index is 890. The summed E-state index contributed by atoms with van der Waals surface area (Å²) in [6, 6.07) is 10.2. The van der Waals surface area contributed by atoms with Gasteiger partial charge in [0.05, 0.1) is 17.4 Å². The molecule has 0 unspecified atom stereocenters.